The first-order valence-electron chi connectivity index (χ1n) is 6.69. The Balaban J connectivity index is 3.12. The van der Waals surface area contributed by atoms with Crippen LogP contribution in [0.4, 0.5) is 5.82 Å². The Labute approximate surface area is 145 Å². The Morgan fingerprint density at radius 2 is 2.39 bits per heavy atom. The molecule has 0 saturated heterocycles. The van der Waals surface area contributed by atoms with Crippen molar-refractivity contribution >= 4 is 47.8 Å². The average molecular weight is 359 g/mol. The van der Waals surface area contributed by atoms with E-state index < -0.39 is 12.0 Å². The van der Waals surface area contributed by atoms with Gasteiger partial charge >= 0.3 is 5.97 Å². The monoisotopic (exact) mass is 358 g/mol. The summed E-state index contributed by atoms with van der Waals surface area (Å²) in [4.78, 5) is 21.4. The maximum atomic E-state index is 12.0. The van der Waals surface area contributed by atoms with Crippen LogP contribution in [0.3, 0.4) is 0 Å². The normalized spacial score (nSPS) is 14.1. The van der Waals surface area contributed by atoms with E-state index in [-0.39, 0.29) is 5.29 Å². The van der Waals surface area contributed by atoms with Crippen molar-refractivity contribution in [3.05, 3.63) is 24.2 Å². The van der Waals surface area contributed by atoms with Crippen molar-refractivity contribution in [2.45, 2.75) is 26.3 Å². The average Bonchev–Trinajstić information content (AvgIpc) is 2.94. The van der Waals surface area contributed by atoms with Crippen molar-refractivity contribution in [1.29, 1.82) is 0 Å². The Hall–Kier alpha value is -2.00. The van der Waals surface area contributed by atoms with Crippen LogP contribution in [-0.4, -0.2) is 39.9 Å². The molecule has 0 aliphatic heterocycles. The van der Waals surface area contributed by atoms with Gasteiger partial charge in [-0.25, -0.2) is 18.9 Å². The number of nitrogens with two attached hydrogens (primary N) is 1. The van der Waals surface area contributed by atoms with E-state index in [0.717, 1.165) is 0 Å². The largest absolute Gasteiger partial charge is 0.467 e. The van der Waals surface area contributed by atoms with Gasteiger partial charge in [-0.2, -0.15) is 0 Å². The minimum Gasteiger partial charge on any atom is -0.467 e. The van der Waals surface area contributed by atoms with Crippen LogP contribution in [0.5, 0.6) is 0 Å². The van der Waals surface area contributed by atoms with Gasteiger partial charge in [-0.3, -0.25) is 0 Å². The first kappa shape index (κ1) is 19.0. The summed E-state index contributed by atoms with van der Waals surface area (Å²) in [5, 5.41) is 4.10. The molecule has 8 nitrogen and oxygen atoms in total. The van der Waals surface area contributed by atoms with Gasteiger partial charge in [0.2, 0.25) is 5.29 Å². The SMILES string of the molecule is CCC(C(=O)OC)N(C=NC(Cl)=N/C=C(\C)N)c1ccn(S)n1. The van der Waals surface area contributed by atoms with E-state index in [2.05, 4.69) is 27.9 Å². The molecule has 0 spiro atoms. The fraction of sp³-hybridized carbons (Fsp3) is 0.385. The minimum atomic E-state index is -0.608. The van der Waals surface area contributed by atoms with E-state index in [4.69, 9.17) is 22.1 Å². The van der Waals surface area contributed by atoms with Gasteiger partial charge in [-0.05, 0) is 37.8 Å². The minimum absolute atomic E-state index is 0.0372. The van der Waals surface area contributed by atoms with Crippen LogP contribution >= 0.6 is 24.4 Å². The van der Waals surface area contributed by atoms with Gasteiger partial charge < -0.3 is 15.4 Å². The molecule has 0 aliphatic rings. The van der Waals surface area contributed by atoms with Crippen molar-refractivity contribution in [2.75, 3.05) is 12.0 Å². The number of carbonyl (C=O) groups excluding carboxylic acids is 1. The van der Waals surface area contributed by atoms with Crippen LogP contribution in [-0.2, 0) is 9.53 Å². The standard InChI is InChI=1S/C13H19ClN6O2S/c1-4-10(12(21)22-3)19(11-5-6-20(23)18-11)8-17-13(14)16-7-9(2)15/h5-8,10,23H,4,15H2,1-3H3/b9-7+,16-13?,17-8?. The van der Waals surface area contributed by atoms with E-state index >= 15 is 0 Å². The molecule has 1 aromatic rings. The molecule has 0 aromatic carbocycles. The molecule has 0 radical (unpaired) electrons. The van der Waals surface area contributed by atoms with E-state index in [0.29, 0.717) is 17.9 Å². The summed E-state index contributed by atoms with van der Waals surface area (Å²) in [6, 6.07) is 1.07. The molecule has 2 N–H and O–H groups in total. The smallest absolute Gasteiger partial charge is 0.328 e. The summed E-state index contributed by atoms with van der Waals surface area (Å²) in [6.07, 6.45) is 4.85. The Bertz CT molecular complexity index is 624. The first-order valence-corrected chi connectivity index (χ1v) is 7.47. The van der Waals surface area contributed by atoms with Crippen LogP contribution < -0.4 is 10.6 Å². The zero-order chi connectivity index (χ0) is 17.4. The first-order chi connectivity index (χ1) is 10.9. The van der Waals surface area contributed by atoms with Crippen LogP contribution in [0.1, 0.15) is 20.3 Å². The zero-order valence-corrected chi connectivity index (χ0v) is 14.7. The number of halogens is 1. The third kappa shape index (κ3) is 5.95. The highest BCUT2D eigenvalue weighted by Gasteiger charge is 2.26. The molecule has 126 valence electrons. The number of aliphatic imine (C=N–C) groups is 2. The van der Waals surface area contributed by atoms with Gasteiger partial charge in [0.1, 0.15) is 12.4 Å². The number of anilines is 1. The molecule has 1 aromatic heterocycles. The fourth-order valence-electron chi connectivity index (χ4n) is 1.65. The van der Waals surface area contributed by atoms with Crippen molar-refractivity contribution in [2.24, 2.45) is 15.7 Å². The predicted molar refractivity (Wildman–Crippen MR) is 94.9 cm³/mol. The number of hydrogen-bond donors (Lipinski definition) is 2. The number of ether oxygens (including phenoxy) is 1. The maximum absolute atomic E-state index is 12.0. The molecule has 1 rings (SSSR count). The van der Waals surface area contributed by atoms with Crippen LogP contribution in [0.2, 0.25) is 0 Å². The van der Waals surface area contributed by atoms with Gasteiger partial charge in [0.05, 0.1) is 7.11 Å². The molecule has 0 saturated carbocycles. The number of hydrogen-bond acceptors (Lipinski definition) is 6. The second-order valence-corrected chi connectivity index (χ2v) is 5.21. The molecule has 1 atom stereocenters. The van der Waals surface area contributed by atoms with Crippen LogP contribution in [0, 0.1) is 0 Å². The number of nitrogens with zero attached hydrogens (tertiary/aromatic N) is 5. The molecule has 1 heterocycles. The van der Waals surface area contributed by atoms with Crippen molar-refractivity contribution in [3.63, 3.8) is 0 Å². The Morgan fingerprint density at radius 1 is 1.70 bits per heavy atom. The maximum Gasteiger partial charge on any atom is 0.328 e. The molecular weight excluding hydrogens is 340 g/mol. The van der Waals surface area contributed by atoms with Gasteiger partial charge in [0, 0.05) is 24.2 Å². The summed E-state index contributed by atoms with van der Waals surface area (Å²) in [5.41, 5.74) is 5.96. The van der Waals surface area contributed by atoms with E-state index in [9.17, 15) is 4.79 Å². The van der Waals surface area contributed by atoms with Crippen molar-refractivity contribution < 1.29 is 9.53 Å². The van der Waals surface area contributed by atoms with Gasteiger partial charge in [-0.15, -0.1) is 5.10 Å². The molecule has 10 heteroatoms. The van der Waals surface area contributed by atoms with Gasteiger partial charge in [-0.1, -0.05) is 6.92 Å². The van der Waals surface area contributed by atoms with E-state index in [1.54, 1.807) is 19.2 Å². The predicted octanol–water partition coefficient (Wildman–Crippen LogP) is 1.78. The number of aromatic nitrogens is 2. The molecule has 0 bridgehead atoms. The Kier molecular flexibility index (Phi) is 7.63. The highest BCUT2D eigenvalue weighted by molar-refractivity contribution is 7.78. The quantitative estimate of drug-likeness (QED) is 0.265. The number of thiol groups is 1. The van der Waals surface area contributed by atoms with E-state index in [1.807, 2.05) is 6.92 Å². The second-order valence-electron chi connectivity index (χ2n) is 4.46. The highest BCUT2D eigenvalue weighted by atomic mass is 35.5. The van der Waals surface area contributed by atoms with Crippen LogP contribution in [0.15, 0.2) is 34.1 Å². The lowest BCUT2D eigenvalue weighted by Gasteiger charge is -2.24. The fourth-order valence-corrected chi connectivity index (χ4v) is 1.90. The number of allylic oxidation sites excluding steroid dienone is 1. The summed E-state index contributed by atoms with van der Waals surface area (Å²) >= 11 is 9.98. The molecule has 1 unspecified atom stereocenters. The number of rotatable bonds is 6. The van der Waals surface area contributed by atoms with Gasteiger partial charge in [0.15, 0.2) is 5.82 Å². The number of esters is 1. The van der Waals surface area contributed by atoms with Crippen molar-refractivity contribution in [1.82, 2.24) is 9.19 Å². The summed E-state index contributed by atoms with van der Waals surface area (Å²) in [7, 11) is 1.32. The zero-order valence-electron chi connectivity index (χ0n) is 13.0. The lowest BCUT2D eigenvalue weighted by atomic mass is 10.2. The van der Waals surface area contributed by atoms with Crippen molar-refractivity contribution in [3.8, 4) is 0 Å². The summed E-state index contributed by atoms with van der Waals surface area (Å²) in [6.45, 7) is 3.52. The highest BCUT2D eigenvalue weighted by Crippen LogP contribution is 2.16. The summed E-state index contributed by atoms with van der Waals surface area (Å²) < 4.78 is 6.13. The molecule has 0 amide bonds. The lowest BCUT2D eigenvalue weighted by Crippen LogP contribution is -2.41. The Morgan fingerprint density at radius 3 is 2.87 bits per heavy atom. The molecular formula is C13H19ClN6O2S. The lowest BCUT2D eigenvalue weighted by molar-refractivity contribution is -0.142. The third-order valence-corrected chi connectivity index (χ3v) is 3.10. The number of carbonyl (C=O) groups is 1. The number of methoxy groups -OCH3 is 1. The third-order valence-electron chi connectivity index (χ3n) is 2.69. The molecule has 23 heavy (non-hydrogen) atoms. The molecule has 0 aliphatic carbocycles. The topological polar surface area (TPSA) is 98.1 Å². The van der Waals surface area contributed by atoms with Gasteiger partial charge in [0.25, 0.3) is 0 Å². The van der Waals surface area contributed by atoms with E-state index in [1.165, 1.54) is 28.6 Å². The second kappa shape index (κ2) is 9.21. The summed E-state index contributed by atoms with van der Waals surface area (Å²) in [5.74, 6) is 0.0504. The number of amidine groups is 1. The van der Waals surface area contributed by atoms with Crippen LogP contribution in [0.25, 0.3) is 0 Å². The molecule has 0 fully saturated rings.